The summed E-state index contributed by atoms with van der Waals surface area (Å²) in [7, 11) is -2.44. The third-order valence-electron chi connectivity index (χ3n) is 6.16. The molecule has 2 heterocycles. The van der Waals surface area contributed by atoms with Gasteiger partial charge in [-0.15, -0.1) is 0 Å². The van der Waals surface area contributed by atoms with Crippen LogP contribution in [0.5, 0.6) is 5.88 Å². The summed E-state index contributed by atoms with van der Waals surface area (Å²) < 4.78 is 30.3. The average molecular weight is 505 g/mol. The van der Waals surface area contributed by atoms with Crippen LogP contribution in [0.3, 0.4) is 0 Å². The monoisotopic (exact) mass is 504 g/mol. The number of anilines is 1. The van der Waals surface area contributed by atoms with Crippen molar-refractivity contribution in [2.45, 2.75) is 49.8 Å². The van der Waals surface area contributed by atoms with Crippen molar-refractivity contribution < 1.29 is 23.2 Å². The molecule has 4 rings (SSSR count). The summed E-state index contributed by atoms with van der Waals surface area (Å²) in [4.78, 5) is 22.9. The van der Waals surface area contributed by atoms with Crippen molar-refractivity contribution in [3.05, 3.63) is 42.0 Å². The van der Waals surface area contributed by atoms with E-state index in [1.165, 1.54) is 23.5 Å². The van der Waals surface area contributed by atoms with Crippen molar-refractivity contribution in [3.8, 4) is 5.88 Å². The number of nitrogens with zero attached hydrogens (tertiary/aromatic N) is 3. The minimum atomic E-state index is -3.98. The van der Waals surface area contributed by atoms with Gasteiger partial charge >= 0.3 is 0 Å². The molecule has 0 radical (unpaired) electrons. The summed E-state index contributed by atoms with van der Waals surface area (Å²) >= 11 is 1.28. The fourth-order valence-corrected chi connectivity index (χ4v) is 6.19. The van der Waals surface area contributed by atoms with E-state index >= 15 is 0 Å². The van der Waals surface area contributed by atoms with Crippen LogP contribution in [0.15, 0.2) is 41.3 Å². The van der Waals surface area contributed by atoms with Crippen molar-refractivity contribution in [1.82, 2.24) is 14.4 Å². The van der Waals surface area contributed by atoms with Gasteiger partial charge in [0.15, 0.2) is 5.13 Å². The van der Waals surface area contributed by atoms with Gasteiger partial charge in [0.1, 0.15) is 10.3 Å². The van der Waals surface area contributed by atoms with Crippen molar-refractivity contribution >= 4 is 42.7 Å². The van der Waals surface area contributed by atoms with Crippen molar-refractivity contribution in [2.75, 3.05) is 19.0 Å². The van der Waals surface area contributed by atoms with E-state index in [1.54, 1.807) is 38.3 Å². The highest BCUT2D eigenvalue weighted by atomic mass is 32.2. The SMILES string of the molecule is CCN(O)S(=O)(=O)c1ccc(C(CC2CCCC2)C(=O)Nc2nc3ccc(OC)nc3s2)cc1. The number of hydroxylamine groups is 1. The van der Waals surface area contributed by atoms with Gasteiger partial charge in [-0.25, -0.2) is 18.4 Å². The Balaban J connectivity index is 1.58. The summed E-state index contributed by atoms with van der Waals surface area (Å²) in [6, 6.07) is 9.70. The van der Waals surface area contributed by atoms with Crippen LogP contribution in [0.25, 0.3) is 10.3 Å². The van der Waals surface area contributed by atoms with Crippen LogP contribution >= 0.6 is 11.3 Å². The van der Waals surface area contributed by atoms with E-state index in [9.17, 15) is 18.4 Å². The number of hydrogen-bond donors (Lipinski definition) is 2. The van der Waals surface area contributed by atoms with E-state index in [0.717, 1.165) is 31.2 Å². The quantitative estimate of drug-likeness (QED) is 0.414. The molecular weight excluding hydrogens is 476 g/mol. The third-order valence-corrected chi connectivity index (χ3v) is 8.72. The summed E-state index contributed by atoms with van der Waals surface area (Å²) in [5, 5.41) is 13.1. The second-order valence-electron chi connectivity index (χ2n) is 8.34. The minimum absolute atomic E-state index is 0.0215. The van der Waals surface area contributed by atoms with E-state index in [-0.39, 0.29) is 17.3 Å². The topological polar surface area (TPSA) is 122 Å². The molecule has 11 heteroatoms. The first-order valence-electron chi connectivity index (χ1n) is 11.3. The first kappa shape index (κ1) is 24.5. The zero-order chi connectivity index (χ0) is 24.3. The number of sulfonamides is 1. The number of ether oxygens (including phenoxy) is 1. The lowest BCUT2D eigenvalue weighted by Crippen LogP contribution is -2.27. The molecule has 0 aliphatic heterocycles. The minimum Gasteiger partial charge on any atom is -0.481 e. The molecule has 1 saturated carbocycles. The molecule has 1 fully saturated rings. The molecule has 0 saturated heterocycles. The van der Waals surface area contributed by atoms with E-state index in [1.807, 2.05) is 0 Å². The van der Waals surface area contributed by atoms with E-state index in [0.29, 0.717) is 38.2 Å². The highest BCUT2D eigenvalue weighted by Crippen LogP contribution is 2.36. The number of methoxy groups -OCH3 is 1. The van der Waals surface area contributed by atoms with Crippen LogP contribution in [0.4, 0.5) is 5.13 Å². The van der Waals surface area contributed by atoms with Gasteiger partial charge in [-0.05, 0) is 43.0 Å². The molecule has 1 amide bonds. The number of nitrogens with one attached hydrogen (secondary N) is 1. The Hall–Kier alpha value is -2.60. The van der Waals surface area contributed by atoms with Crippen molar-refractivity contribution in [3.63, 3.8) is 0 Å². The highest BCUT2D eigenvalue weighted by molar-refractivity contribution is 7.89. The lowest BCUT2D eigenvalue weighted by Gasteiger charge is -2.20. The molecule has 34 heavy (non-hydrogen) atoms. The van der Waals surface area contributed by atoms with Crippen LogP contribution in [0, 0.1) is 5.92 Å². The van der Waals surface area contributed by atoms with Crippen LogP contribution in [0.1, 0.15) is 50.5 Å². The van der Waals surface area contributed by atoms with Crippen molar-refractivity contribution in [1.29, 1.82) is 0 Å². The third kappa shape index (κ3) is 5.22. The molecule has 1 atom stereocenters. The van der Waals surface area contributed by atoms with Crippen molar-refractivity contribution in [2.24, 2.45) is 5.92 Å². The predicted octanol–water partition coefficient (Wildman–Crippen LogP) is 4.40. The Kier molecular flexibility index (Phi) is 7.46. The number of amides is 1. The van der Waals surface area contributed by atoms with Gasteiger partial charge in [0.2, 0.25) is 11.8 Å². The number of benzene rings is 1. The maximum absolute atomic E-state index is 13.4. The Labute approximate surface area is 202 Å². The van der Waals surface area contributed by atoms with Gasteiger partial charge in [-0.1, -0.05) is 53.6 Å². The average Bonchev–Trinajstić information content (AvgIpc) is 3.50. The zero-order valence-electron chi connectivity index (χ0n) is 19.1. The predicted molar refractivity (Wildman–Crippen MR) is 130 cm³/mol. The van der Waals surface area contributed by atoms with Gasteiger partial charge in [-0.2, -0.15) is 0 Å². The summed E-state index contributed by atoms with van der Waals surface area (Å²) in [5.41, 5.74) is 1.40. The van der Waals surface area contributed by atoms with Crippen LogP contribution in [0.2, 0.25) is 0 Å². The molecule has 1 aliphatic rings. The molecule has 2 aromatic heterocycles. The lowest BCUT2D eigenvalue weighted by molar-refractivity contribution is -0.118. The largest absolute Gasteiger partial charge is 0.481 e. The highest BCUT2D eigenvalue weighted by Gasteiger charge is 2.28. The number of aromatic nitrogens is 2. The zero-order valence-corrected chi connectivity index (χ0v) is 20.7. The number of thiazole rings is 1. The number of hydrogen-bond acceptors (Lipinski definition) is 8. The summed E-state index contributed by atoms with van der Waals surface area (Å²) in [6.07, 6.45) is 5.15. The standard InChI is InChI=1S/C23H28N4O5S2/c1-3-27(29)34(30,31)17-10-8-16(9-11-17)18(14-15-6-4-5-7-15)21(28)26-23-24-19-12-13-20(32-2)25-22(19)33-23/h8-13,15,18,29H,3-7,14H2,1-2H3,(H,24,26,28). The molecule has 0 spiro atoms. The summed E-state index contributed by atoms with van der Waals surface area (Å²) in [5.74, 6) is 0.276. The number of carbonyl (C=O) groups excluding carboxylic acids is 1. The summed E-state index contributed by atoms with van der Waals surface area (Å²) in [6.45, 7) is 1.49. The second-order valence-corrected chi connectivity index (χ2v) is 11.2. The van der Waals surface area contributed by atoms with Gasteiger partial charge in [-0.3, -0.25) is 10.0 Å². The van der Waals surface area contributed by atoms with Crippen LogP contribution in [-0.4, -0.2) is 47.6 Å². The molecule has 1 aliphatic carbocycles. The Morgan fingerprint density at radius 1 is 1.21 bits per heavy atom. The van der Waals surface area contributed by atoms with Crippen LogP contribution in [-0.2, 0) is 14.8 Å². The molecule has 3 aromatic rings. The van der Waals surface area contributed by atoms with Gasteiger partial charge in [0, 0.05) is 12.6 Å². The van der Waals surface area contributed by atoms with E-state index in [2.05, 4.69) is 15.3 Å². The molecule has 2 N–H and O–H groups in total. The van der Waals surface area contributed by atoms with Crippen LogP contribution < -0.4 is 10.1 Å². The molecule has 0 bridgehead atoms. The maximum Gasteiger partial charge on any atom is 0.264 e. The Bertz CT molecular complexity index is 1250. The number of carbonyl (C=O) groups is 1. The Morgan fingerprint density at radius 2 is 1.91 bits per heavy atom. The normalized spacial score (nSPS) is 15.6. The number of rotatable bonds is 9. The fourth-order valence-electron chi connectivity index (χ4n) is 4.30. The fraction of sp³-hybridized carbons (Fsp3) is 0.435. The number of pyridine rings is 1. The smallest absolute Gasteiger partial charge is 0.264 e. The van der Waals surface area contributed by atoms with E-state index < -0.39 is 15.9 Å². The first-order chi connectivity index (χ1) is 16.3. The number of fused-ring (bicyclic) bond motifs is 1. The molecule has 1 unspecified atom stereocenters. The van der Waals surface area contributed by atoms with Gasteiger partial charge < -0.3 is 10.1 Å². The Morgan fingerprint density at radius 3 is 2.56 bits per heavy atom. The maximum atomic E-state index is 13.4. The molecule has 182 valence electrons. The second kappa shape index (κ2) is 10.3. The lowest BCUT2D eigenvalue weighted by atomic mass is 9.87. The molecule has 9 nitrogen and oxygen atoms in total. The molecular formula is C23H28N4O5S2. The van der Waals surface area contributed by atoms with Gasteiger partial charge in [0.05, 0.1) is 17.9 Å². The van der Waals surface area contributed by atoms with E-state index in [4.69, 9.17) is 4.74 Å². The van der Waals surface area contributed by atoms with Gasteiger partial charge in [0.25, 0.3) is 10.0 Å². The molecule has 1 aromatic carbocycles. The first-order valence-corrected chi connectivity index (χ1v) is 13.5.